The largest absolute Gasteiger partial charge is 0.321 e. The van der Waals surface area contributed by atoms with Gasteiger partial charge in [0.25, 0.3) is 0 Å². The zero-order chi connectivity index (χ0) is 6.97. The van der Waals surface area contributed by atoms with Gasteiger partial charge in [0.2, 0.25) is 5.65 Å². The average Bonchev–Trinajstić information content (AvgIpc) is 2.34. The van der Waals surface area contributed by atoms with Crippen molar-refractivity contribution < 1.29 is 0 Å². The first kappa shape index (κ1) is 5.10. The van der Waals surface area contributed by atoms with Gasteiger partial charge in [-0.05, 0) is 5.21 Å². The number of hydrogen-bond donors (Lipinski definition) is 1. The molecule has 2 heterocycles. The highest BCUT2D eigenvalue weighted by Gasteiger charge is 1.99. The van der Waals surface area contributed by atoms with E-state index in [4.69, 9.17) is 5.84 Å². The predicted octanol–water partition coefficient (Wildman–Crippen LogP) is -1.06. The summed E-state index contributed by atoms with van der Waals surface area (Å²) in [6.07, 6.45) is 2.96. The van der Waals surface area contributed by atoms with Crippen LogP contribution in [0.3, 0.4) is 0 Å². The smallest absolute Gasteiger partial charge is 0.207 e. The molecule has 50 valence electrons. The van der Waals surface area contributed by atoms with Crippen molar-refractivity contribution in [2.75, 3.05) is 5.84 Å². The van der Waals surface area contributed by atoms with E-state index in [1.54, 1.807) is 6.20 Å². The van der Waals surface area contributed by atoms with Crippen LogP contribution in [0.1, 0.15) is 0 Å². The summed E-state index contributed by atoms with van der Waals surface area (Å²) in [6, 6.07) is 0. The maximum Gasteiger partial charge on any atom is 0.207 e. The minimum Gasteiger partial charge on any atom is -0.321 e. The van der Waals surface area contributed by atoms with Crippen LogP contribution in [0.4, 0.5) is 0 Å². The highest BCUT2D eigenvalue weighted by molar-refractivity contribution is 5.67. The molecule has 6 heteroatoms. The summed E-state index contributed by atoms with van der Waals surface area (Å²) in [4.78, 5) is 8.70. The van der Waals surface area contributed by atoms with Gasteiger partial charge in [-0.15, -0.1) is 5.10 Å². The average molecular weight is 136 g/mol. The Morgan fingerprint density at radius 1 is 1.50 bits per heavy atom. The highest BCUT2D eigenvalue weighted by atomic mass is 15.6. The summed E-state index contributed by atoms with van der Waals surface area (Å²) in [6.45, 7) is 0. The summed E-state index contributed by atoms with van der Waals surface area (Å²) < 4.78 is 0. The quantitative estimate of drug-likeness (QED) is 0.466. The Morgan fingerprint density at radius 2 is 2.40 bits per heavy atom. The van der Waals surface area contributed by atoms with Gasteiger partial charge in [0.1, 0.15) is 11.8 Å². The molecule has 0 aliphatic heterocycles. The lowest BCUT2D eigenvalue weighted by Crippen LogP contribution is -2.09. The lowest BCUT2D eigenvalue weighted by molar-refractivity contribution is 0.785. The third-order valence-electron chi connectivity index (χ3n) is 1.16. The molecule has 2 aromatic heterocycles. The molecule has 0 unspecified atom stereocenters. The van der Waals surface area contributed by atoms with E-state index in [9.17, 15) is 0 Å². The molecule has 2 rings (SSSR count). The zero-order valence-electron chi connectivity index (χ0n) is 4.97. The zero-order valence-corrected chi connectivity index (χ0v) is 4.97. The number of aromatic nitrogens is 5. The standard InChI is InChI=1S/C4H4N6/c5-10-3-1-6-2-7-4(3)8-9-10/h1-2H,5H2. The van der Waals surface area contributed by atoms with Gasteiger partial charge >= 0.3 is 0 Å². The maximum absolute atomic E-state index is 5.34. The van der Waals surface area contributed by atoms with Gasteiger partial charge in [0, 0.05) is 0 Å². The Kier molecular flexibility index (Phi) is 0.830. The Morgan fingerprint density at radius 3 is 3.20 bits per heavy atom. The second-order valence-electron chi connectivity index (χ2n) is 1.77. The molecule has 0 aliphatic rings. The fourth-order valence-corrected chi connectivity index (χ4v) is 0.693. The lowest BCUT2D eigenvalue weighted by Gasteiger charge is -1.86. The Hall–Kier alpha value is -1.72. The summed E-state index contributed by atoms with van der Waals surface area (Å²) in [7, 11) is 0. The molecule has 2 N–H and O–H groups in total. The van der Waals surface area contributed by atoms with Crippen LogP contribution in [-0.4, -0.2) is 25.1 Å². The maximum atomic E-state index is 5.34. The van der Waals surface area contributed by atoms with Gasteiger partial charge in [-0.3, -0.25) is 0 Å². The van der Waals surface area contributed by atoms with Crippen LogP contribution < -0.4 is 5.84 Å². The van der Waals surface area contributed by atoms with E-state index in [0.29, 0.717) is 11.2 Å². The number of fused-ring (bicyclic) bond motifs is 1. The number of nitrogens with two attached hydrogens (primary N) is 1. The summed E-state index contributed by atoms with van der Waals surface area (Å²) in [5, 5.41) is 7.19. The summed E-state index contributed by atoms with van der Waals surface area (Å²) in [5.74, 6) is 5.34. The van der Waals surface area contributed by atoms with Gasteiger partial charge in [0.15, 0.2) is 0 Å². The van der Waals surface area contributed by atoms with Crippen molar-refractivity contribution in [3.63, 3.8) is 0 Å². The van der Waals surface area contributed by atoms with E-state index in [2.05, 4.69) is 20.3 Å². The molecule has 0 radical (unpaired) electrons. The molecule has 0 bridgehead atoms. The molecule has 0 aromatic carbocycles. The minimum absolute atomic E-state index is 0.512. The second kappa shape index (κ2) is 1.63. The Balaban J connectivity index is 2.93. The molecule has 2 aromatic rings. The van der Waals surface area contributed by atoms with Crippen LogP contribution in [0.2, 0.25) is 0 Å². The molecular formula is C4H4N6. The van der Waals surface area contributed by atoms with Crippen molar-refractivity contribution in [3.8, 4) is 0 Å². The Bertz CT molecular complexity index is 351. The monoisotopic (exact) mass is 136 g/mol. The first-order valence-corrected chi connectivity index (χ1v) is 2.64. The van der Waals surface area contributed by atoms with Crippen molar-refractivity contribution in [1.82, 2.24) is 25.1 Å². The summed E-state index contributed by atoms with van der Waals surface area (Å²) in [5.41, 5.74) is 1.14. The SMILES string of the molecule is Nn1nnc2ncncc21. The molecule has 0 saturated heterocycles. The predicted molar refractivity (Wildman–Crippen MR) is 33.3 cm³/mol. The highest BCUT2D eigenvalue weighted by Crippen LogP contribution is 1.99. The van der Waals surface area contributed by atoms with Gasteiger partial charge in [-0.2, -0.15) is 4.79 Å². The molecule has 0 saturated carbocycles. The molecule has 0 amide bonds. The normalized spacial score (nSPS) is 10.4. The van der Waals surface area contributed by atoms with Crippen LogP contribution in [0, 0.1) is 0 Å². The molecule has 0 spiro atoms. The molecular weight excluding hydrogens is 132 g/mol. The van der Waals surface area contributed by atoms with Crippen molar-refractivity contribution >= 4 is 11.2 Å². The minimum atomic E-state index is 0.512. The molecule has 6 nitrogen and oxygen atoms in total. The van der Waals surface area contributed by atoms with E-state index in [1.165, 1.54) is 6.33 Å². The van der Waals surface area contributed by atoms with Crippen LogP contribution in [0.25, 0.3) is 11.2 Å². The van der Waals surface area contributed by atoms with E-state index in [1.807, 2.05) is 0 Å². The molecule has 10 heavy (non-hydrogen) atoms. The number of nitrogens with zero attached hydrogens (tertiary/aromatic N) is 5. The van der Waals surface area contributed by atoms with Crippen molar-refractivity contribution in [2.24, 2.45) is 0 Å². The first-order valence-electron chi connectivity index (χ1n) is 2.64. The third kappa shape index (κ3) is 0.524. The number of rotatable bonds is 0. The van der Waals surface area contributed by atoms with E-state index < -0.39 is 0 Å². The van der Waals surface area contributed by atoms with Gasteiger partial charge in [-0.25, -0.2) is 9.97 Å². The fourth-order valence-electron chi connectivity index (χ4n) is 0.693. The number of hydrogen-bond acceptors (Lipinski definition) is 5. The van der Waals surface area contributed by atoms with Gasteiger partial charge < -0.3 is 5.84 Å². The van der Waals surface area contributed by atoms with Crippen molar-refractivity contribution in [2.45, 2.75) is 0 Å². The Labute approximate surface area is 55.7 Å². The van der Waals surface area contributed by atoms with Crippen LogP contribution in [0.15, 0.2) is 12.5 Å². The van der Waals surface area contributed by atoms with Gasteiger partial charge in [0.05, 0.1) is 6.20 Å². The van der Waals surface area contributed by atoms with E-state index in [-0.39, 0.29) is 0 Å². The number of nitrogen functional groups attached to an aromatic ring is 1. The molecule has 0 fully saturated rings. The van der Waals surface area contributed by atoms with Crippen LogP contribution in [0.5, 0.6) is 0 Å². The fraction of sp³-hybridized carbons (Fsp3) is 0. The van der Waals surface area contributed by atoms with Crippen LogP contribution >= 0.6 is 0 Å². The van der Waals surface area contributed by atoms with Crippen LogP contribution in [-0.2, 0) is 0 Å². The van der Waals surface area contributed by atoms with Crippen molar-refractivity contribution in [3.05, 3.63) is 12.5 Å². The van der Waals surface area contributed by atoms with Crippen molar-refractivity contribution in [1.29, 1.82) is 0 Å². The molecule has 0 atom stereocenters. The summed E-state index contributed by atoms with van der Waals surface area (Å²) >= 11 is 0. The van der Waals surface area contributed by atoms with E-state index in [0.717, 1.165) is 4.79 Å². The topological polar surface area (TPSA) is 82.5 Å². The third-order valence-corrected chi connectivity index (χ3v) is 1.16. The second-order valence-corrected chi connectivity index (χ2v) is 1.77. The van der Waals surface area contributed by atoms with E-state index >= 15 is 0 Å². The molecule has 0 aliphatic carbocycles. The lowest BCUT2D eigenvalue weighted by atomic mass is 10.6. The van der Waals surface area contributed by atoms with Gasteiger partial charge in [-0.1, -0.05) is 0 Å². The first-order chi connectivity index (χ1) is 4.88.